The van der Waals surface area contributed by atoms with Crippen molar-refractivity contribution in [2.24, 2.45) is 0 Å². The smallest absolute Gasteiger partial charge is 0.325 e. The number of carbonyl (C=O) groups is 2. The average Bonchev–Trinajstić information content (AvgIpc) is 2.92. The van der Waals surface area contributed by atoms with E-state index in [1.54, 1.807) is 20.1 Å². The summed E-state index contributed by atoms with van der Waals surface area (Å²) in [4.78, 5) is 24.5. The van der Waals surface area contributed by atoms with Crippen molar-refractivity contribution in [2.45, 2.75) is 27.3 Å². The number of fused-ring (bicyclic) bond motifs is 1. The molecule has 1 N–H and O–H groups in total. The fourth-order valence-electron chi connectivity index (χ4n) is 4.67. The third-order valence-corrected chi connectivity index (χ3v) is 6.62. The van der Waals surface area contributed by atoms with E-state index in [1.807, 2.05) is 0 Å². The molecule has 0 fully saturated rings. The van der Waals surface area contributed by atoms with Crippen LogP contribution in [0.5, 0.6) is 5.75 Å². The summed E-state index contributed by atoms with van der Waals surface area (Å²) < 4.78 is 23.5. The van der Waals surface area contributed by atoms with Crippen molar-refractivity contribution in [2.75, 3.05) is 34.9 Å². The predicted molar refractivity (Wildman–Crippen MR) is 158 cm³/mol. The molecule has 0 spiro atoms. The monoisotopic (exact) mass is 544 g/mol. The van der Waals surface area contributed by atoms with Gasteiger partial charge in [-0.2, -0.15) is 0 Å². The molecule has 1 amide bonds. The van der Waals surface area contributed by atoms with Gasteiger partial charge in [0.2, 0.25) is 0 Å². The Balaban J connectivity index is 0.000000241. The van der Waals surface area contributed by atoms with Crippen molar-refractivity contribution in [3.8, 4) is 16.9 Å². The minimum atomic E-state index is -0.624. The zero-order chi connectivity index (χ0) is 29.4. The SMILES string of the molecule is COC(=O)CNC(=O)c1c(C)cccc1F.COc1c(CN(C)C)ccc(C)c1-c1cccc2c(C)cccc12. The Labute approximate surface area is 235 Å². The number of esters is 1. The van der Waals surface area contributed by atoms with Crippen LogP contribution in [-0.4, -0.2) is 51.6 Å². The Morgan fingerprint density at radius 1 is 0.825 bits per heavy atom. The maximum absolute atomic E-state index is 13.3. The van der Waals surface area contributed by atoms with Crippen LogP contribution in [0.15, 0.2) is 66.7 Å². The molecule has 0 aliphatic carbocycles. The van der Waals surface area contributed by atoms with E-state index >= 15 is 0 Å². The lowest BCUT2D eigenvalue weighted by atomic mass is 9.91. The van der Waals surface area contributed by atoms with Gasteiger partial charge in [-0.3, -0.25) is 9.59 Å². The van der Waals surface area contributed by atoms with Crippen molar-refractivity contribution in [1.82, 2.24) is 10.2 Å². The van der Waals surface area contributed by atoms with Gasteiger partial charge in [-0.1, -0.05) is 60.7 Å². The van der Waals surface area contributed by atoms with E-state index < -0.39 is 17.7 Å². The Kier molecular flexibility index (Phi) is 10.4. The molecule has 6 nitrogen and oxygen atoms in total. The van der Waals surface area contributed by atoms with E-state index in [4.69, 9.17) is 4.74 Å². The van der Waals surface area contributed by atoms with Crippen LogP contribution in [0, 0.1) is 26.6 Å². The lowest BCUT2D eigenvalue weighted by Gasteiger charge is -2.20. The van der Waals surface area contributed by atoms with Gasteiger partial charge in [0.25, 0.3) is 5.91 Å². The number of nitrogens with zero attached hydrogens (tertiary/aromatic N) is 1. The molecule has 4 aromatic carbocycles. The molecule has 0 unspecified atom stereocenters. The zero-order valence-electron chi connectivity index (χ0n) is 24.2. The van der Waals surface area contributed by atoms with Crippen molar-refractivity contribution in [3.05, 3.63) is 100 Å². The second-order valence-electron chi connectivity index (χ2n) is 9.85. The number of halogens is 1. The van der Waals surface area contributed by atoms with E-state index in [0.717, 1.165) is 12.3 Å². The van der Waals surface area contributed by atoms with Crippen LogP contribution >= 0.6 is 0 Å². The van der Waals surface area contributed by atoms with Gasteiger partial charge in [0.15, 0.2) is 0 Å². The van der Waals surface area contributed by atoms with Crippen LogP contribution < -0.4 is 10.1 Å². The van der Waals surface area contributed by atoms with Crippen LogP contribution in [0.3, 0.4) is 0 Å². The molecule has 4 aromatic rings. The highest BCUT2D eigenvalue weighted by Gasteiger charge is 2.17. The topological polar surface area (TPSA) is 67.9 Å². The first-order valence-electron chi connectivity index (χ1n) is 13.0. The fourth-order valence-corrected chi connectivity index (χ4v) is 4.67. The molecule has 0 atom stereocenters. The van der Waals surface area contributed by atoms with E-state index in [2.05, 4.69) is 91.4 Å². The molecule has 7 heteroatoms. The number of hydrogen-bond acceptors (Lipinski definition) is 5. The van der Waals surface area contributed by atoms with Gasteiger partial charge in [0.1, 0.15) is 18.1 Å². The van der Waals surface area contributed by atoms with E-state index in [1.165, 1.54) is 57.8 Å². The van der Waals surface area contributed by atoms with Gasteiger partial charge in [0.05, 0.1) is 19.8 Å². The first-order valence-corrected chi connectivity index (χ1v) is 13.0. The lowest BCUT2D eigenvalue weighted by molar-refractivity contribution is -0.139. The van der Waals surface area contributed by atoms with Crippen molar-refractivity contribution in [1.29, 1.82) is 0 Å². The van der Waals surface area contributed by atoms with Crippen LogP contribution in [0.2, 0.25) is 0 Å². The van der Waals surface area contributed by atoms with Crippen molar-refractivity contribution < 1.29 is 23.5 Å². The van der Waals surface area contributed by atoms with E-state index in [-0.39, 0.29) is 12.1 Å². The fraction of sp³-hybridized carbons (Fsp3) is 0.273. The molecule has 0 radical (unpaired) electrons. The van der Waals surface area contributed by atoms with Gasteiger partial charge in [-0.25, -0.2) is 4.39 Å². The standard InChI is InChI=1S/C22H25NO.C11H12FNO3/c1-15-8-6-10-19-18(15)9-7-11-20(19)21-16(2)12-13-17(14-23(3)4)22(21)24-5;1-7-4-3-5-8(12)10(7)11(15)13-6-9(14)16-2/h6-13H,14H2,1-5H3;3-5H,6H2,1-2H3,(H,13,15). The second-order valence-corrected chi connectivity index (χ2v) is 9.85. The van der Waals surface area contributed by atoms with Crippen LogP contribution in [0.1, 0.15) is 32.6 Å². The summed E-state index contributed by atoms with van der Waals surface area (Å²) >= 11 is 0. The number of ether oxygens (including phenoxy) is 2. The molecular formula is C33H37FN2O4. The highest BCUT2D eigenvalue weighted by atomic mass is 19.1. The number of methoxy groups -OCH3 is 2. The molecule has 0 aliphatic rings. The van der Waals surface area contributed by atoms with Gasteiger partial charge in [-0.05, 0) is 74.0 Å². The summed E-state index contributed by atoms with van der Waals surface area (Å²) in [5, 5.41) is 4.86. The largest absolute Gasteiger partial charge is 0.496 e. The Hall–Kier alpha value is -4.23. The maximum Gasteiger partial charge on any atom is 0.325 e. The minimum Gasteiger partial charge on any atom is -0.496 e. The van der Waals surface area contributed by atoms with E-state index in [0.29, 0.717) is 5.56 Å². The molecule has 40 heavy (non-hydrogen) atoms. The molecule has 0 saturated carbocycles. The Bertz CT molecular complexity index is 1490. The second kappa shape index (κ2) is 13.7. The summed E-state index contributed by atoms with van der Waals surface area (Å²) in [5.74, 6) is -0.830. The summed E-state index contributed by atoms with van der Waals surface area (Å²) in [6.07, 6.45) is 0. The number of benzene rings is 4. The highest BCUT2D eigenvalue weighted by molar-refractivity contribution is 6.00. The number of carbonyl (C=O) groups excluding carboxylic acids is 2. The van der Waals surface area contributed by atoms with Crippen LogP contribution in [0.25, 0.3) is 21.9 Å². The molecule has 0 saturated heterocycles. The molecular weight excluding hydrogens is 507 g/mol. The van der Waals surface area contributed by atoms with Gasteiger partial charge in [0, 0.05) is 17.7 Å². The molecule has 4 rings (SSSR count). The third-order valence-electron chi connectivity index (χ3n) is 6.62. The normalized spacial score (nSPS) is 10.6. The summed E-state index contributed by atoms with van der Waals surface area (Å²) in [7, 11) is 7.15. The lowest BCUT2D eigenvalue weighted by Crippen LogP contribution is -2.31. The average molecular weight is 545 g/mol. The van der Waals surface area contributed by atoms with E-state index in [9.17, 15) is 14.0 Å². The number of aryl methyl sites for hydroxylation is 3. The number of nitrogens with one attached hydrogen (secondary N) is 1. The third kappa shape index (κ3) is 7.04. The van der Waals surface area contributed by atoms with Crippen LogP contribution in [-0.2, 0) is 16.1 Å². The predicted octanol–water partition coefficient (Wildman–Crippen LogP) is 6.23. The Morgan fingerprint density at radius 2 is 1.48 bits per heavy atom. The Morgan fingerprint density at radius 3 is 2.12 bits per heavy atom. The van der Waals surface area contributed by atoms with Crippen molar-refractivity contribution >= 4 is 22.6 Å². The first-order chi connectivity index (χ1) is 19.1. The number of amides is 1. The minimum absolute atomic E-state index is 0.0496. The molecule has 0 heterocycles. The zero-order valence-corrected chi connectivity index (χ0v) is 24.2. The quantitative estimate of drug-likeness (QED) is 0.279. The molecule has 210 valence electrons. The van der Waals surface area contributed by atoms with Gasteiger partial charge < -0.3 is 19.7 Å². The summed E-state index contributed by atoms with van der Waals surface area (Å²) in [6.45, 7) is 6.53. The molecule has 0 aromatic heterocycles. The van der Waals surface area contributed by atoms with Gasteiger partial charge >= 0.3 is 5.97 Å². The molecule has 0 bridgehead atoms. The number of rotatable bonds is 7. The summed E-state index contributed by atoms with van der Waals surface area (Å²) in [6, 6.07) is 21.7. The van der Waals surface area contributed by atoms with Gasteiger partial charge in [-0.15, -0.1) is 0 Å². The highest BCUT2D eigenvalue weighted by Crippen LogP contribution is 2.40. The number of hydrogen-bond donors (Lipinski definition) is 1. The first kappa shape index (κ1) is 30.3. The molecule has 0 aliphatic heterocycles. The maximum atomic E-state index is 13.3. The summed E-state index contributed by atoms with van der Waals surface area (Å²) in [5.41, 5.74) is 6.67. The van der Waals surface area contributed by atoms with Crippen molar-refractivity contribution in [3.63, 3.8) is 0 Å². The van der Waals surface area contributed by atoms with Crippen LogP contribution in [0.4, 0.5) is 4.39 Å².